The van der Waals surface area contributed by atoms with E-state index in [1.54, 1.807) is 7.11 Å². The van der Waals surface area contributed by atoms with Crippen LogP contribution in [-0.4, -0.2) is 7.11 Å². The quantitative estimate of drug-likeness (QED) is 0.708. The zero-order chi connectivity index (χ0) is 11.6. The first-order valence-corrected chi connectivity index (χ1v) is 5.31. The third-order valence-electron chi connectivity index (χ3n) is 3.21. The van der Waals surface area contributed by atoms with Crippen LogP contribution in [0.3, 0.4) is 0 Å². The topological polar surface area (TPSA) is 9.23 Å². The Balaban J connectivity index is 3.62. The van der Waals surface area contributed by atoms with Crippen molar-refractivity contribution < 1.29 is 4.74 Å². The highest BCUT2D eigenvalue weighted by atomic mass is 16.5. The van der Waals surface area contributed by atoms with Crippen molar-refractivity contribution in [1.29, 1.82) is 0 Å². The molecule has 0 aliphatic carbocycles. The molecular weight excluding hydrogens is 184 g/mol. The molecule has 0 aliphatic rings. The van der Waals surface area contributed by atoms with Crippen LogP contribution in [0.15, 0.2) is 6.08 Å². The average Bonchev–Trinajstić information content (AvgIpc) is 2.24. The van der Waals surface area contributed by atoms with Crippen LogP contribution in [0.25, 0.3) is 6.08 Å². The lowest BCUT2D eigenvalue weighted by molar-refractivity contribution is 0.410. The van der Waals surface area contributed by atoms with Gasteiger partial charge in [-0.25, -0.2) is 0 Å². The summed E-state index contributed by atoms with van der Waals surface area (Å²) in [5.41, 5.74) is 6.46. The van der Waals surface area contributed by atoms with E-state index in [0.717, 1.165) is 5.75 Å². The van der Waals surface area contributed by atoms with E-state index >= 15 is 0 Å². The summed E-state index contributed by atoms with van der Waals surface area (Å²) in [5, 5.41) is 0. The molecule has 1 nitrogen and oxygen atoms in total. The maximum atomic E-state index is 5.49. The second-order valence-electron chi connectivity index (χ2n) is 3.95. The number of benzene rings is 1. The van der Waals surface area contributed by atoms with Gasteiger partial charge < -0.3 is 4.74 Å². The molecule has 1 rings (SSSR count). The van der Waals surface area contributed by atoms with Crippen LogP contribution in [-0.2, 0) is 0 Å². The van der Waals surface area contributed by atoms with E-state index in [1.165, 1.54) is 27.8 Å². The smallest absolute Gasteiger partial charge is 0.129 e. The second-order valence-corrected chi connectivity index (χ2v) is 3.95. The molecule has 0 spiro atoms. The van der Waals surface area contributed by atoms with E-state index in [4.69, 9.17) is 4.74 Å². The number of hydrogen-bond donors (Lipinski definition) is 0. The summed E-state index contributed by atoms with van der Waals surface area (Å²) in [7, 11) is 1.74. The Labute approximate surface area is 92.8 Å². The van der Waals surface area contributed by atoms with E-state index in [9.17, 15) is 0 Å². The van der Waals surface area contributed by atoms with Gasteiger partial charge in [0.05, 0.1) is 7.11 Å². The summed E-state index contributed by atoms with van der Waals surface area (Å²) in [5.74, 6) is 1.01. The van der Waals surface area contributed by atoms with Crippen molar-refractivity contribution in [3.05, 3.63) is 33.9 Å². The number of hydrogen-bond acceptors (Lipinski definition) is 1. The van der Waals surface area contributed by atoms with E-state index in [1.807, 2.05) is 6.92 Å². The van der Waals surface area contributed by atoms with Crippen LogP contribution < -0.4 is 4.74 Å². The SMILES string of the molecule is CC=Cc1c(C)c(C)c(C)c(C)c1OC. The van der Waals surface area contributed by atoms with Crippen LogP contribution in [0, 0.1) is 27.7 Å². The Kier molecular flexibility index (Phi) is 3.57. The fourth-order valence-corrected chi connectivity index (χ4v) is 1.94. The van der Waals surface area contributed by atoms with Crippen molar-refractivity contribution >= 4 is 6.08 Å². The normalized spacial score (nSPS) is 11.1. The summed E-state index contributed by atoms with van der Waals surface area (Å²) in [6.45, 7) is 10.6. The van der Waals surface area contributed by atoms with Gasteiger partial charge in [-0.05, 0) is 56.9 Å². The Morgan fingerprint density at radius 1 is 0.867 bits per heavy atom. The van der Waals surface area contributed by atoms with Crippen molar-refractivity contribution in [3.8, 4) is 5.75 Å². The molecule has 0 amide bonds. The molecule has 0 bridgehead atoms. The van der Waals surface area contributed by atoms with Crippen LogP contribution in [0.5, 0.6) is 5.75 Å². The molecule has 0 heterocycles. The van der Waals surface area contributed by atoms with Gasteiger partial charge in [0.25, 0.3) is 0 Å². The Bertz CT molecular complexity index is 401. The highest BCUT2D eigenvalue weighted by molar-refractivity contribution is 5.67. The first-order chi connectivity index (χ1) is 7.04. The summed E-state index contributed by atoms with van der Waals surface area (Å²) < 4.78 is 5.49. The summed E-state index contributed by atoms with van der Waals surface area (Å²) in [6.07, 6.45) is 4.17. The van der Waals surface area contributed by atoms with Gasteiger partial charge in [-0.2, -0.15) is 0 Å². The third kappa shape index (κ3) is 1.92. The summed E-state index contributed by atoms with van der Waals surface area (Å²) >= 11 is 0. The molecular formula is C14H20O. The standard InChI is InChI=1S/C14H20O/c1-7-8-13-11(4)9(2)10(3)12(5)14(13)15-6/h7-8H,1-6H3. The fraction of sp³-hybridized carbons (Fsp3) is 0.429. The molecule has 1 heteroatoms. The van der Waals surface area contributed by atoms with Gasteiger partial charge in [0.1, 0.15) is 5.75 Å². The monoisotopic (exact) mass is 204 g/mol. The second kappa shape index (κ2) is 4.52. The molecule has 0 aliphatic heterocycles. The number of methoxy groups -OCH3 is 1. The van der Waals surface area contributed by atoms with Gasteiger partial charge in [0.2, 0.25) is 0 Å². The Morgan fingerprint density at radius 2 is 1.40 bits per heavy atom. The van der Waals surface area contributed by atoms with Gasteiger partial charge in [-0.3, -0.25) is 0 Å². The predicted octanol–water partition coefficient (Wildman–Crippen LogP) is 3.96. The largest absolute Gasteiger partial charge is 0.496 e. The molecule has 0 fully saturated rings. The Hall–Kier alpha value is -1.24. The summed E-state index contributed by atoms with van der Waals surface area (Å²) in [6, 6.07) is 0. The highest BCUT2D eigenvalue weighted by Gasteiger charge is 2.13. The maximum Gasteiger partial charge on any atom is 0.129 e. The molecule has 0 aromatic heterocycles. The van der Waals surface area contributed by atoms with Crippen LogP contribution in [0.1, 0.15) is 34.7 Å². The molecule has 0 unspecified atom stereocenters. The van der Waals surface area contributed by atoms with E-state index in [2.05, 4.69) is 39.8 Å². The van der Waals surface area contributed by atoms with Gasteiger partial charge in [0, 0.05) is 5.56 Å². The molecule has 1 aromatic rings. The van der Waals surface area contributed by atoms with Crippen molar-refractivity contribution in [2.45, 2.75) is 34.6 Å². The van der Waals surface area contributed by atoms with Gasteiger partial charge in [-0.1, -0.05) is 12.2 Å². The molecule has 0 atom stereocenters. The van der Waals surface area contributed by atoms with Crippen molar-refractivity contribution in [2.24, 2.45) is 0 Å². The summed E-state index contributed by atoms with van der Waals surface area (Å²) in [4.78, 5) is 0. The van der Waals surface area contributed by atoms with E-state index in [0.29, 0.717) is 0 Å². The van der Waals surface area contributed by atoms with Crippen LogP contribution in [0.4, 0.5) is 0 Å². The van der Waals surface area contributed by atoms with Crippen molar-refractivity contribution in [1.82, 2.24) is 0 Å². The first kappa shape index (κ1) is 11.8. The maximum absolute atomic E-state index is 5.49. The van der Waals surface area contributed by atoms with E-state index in [-0.39, 0.29) is 0 Å². The van der Waals surface area contributed by atoms with E-state index < -0.39 is 0 Å². The molecule has 0 saturated heterocycles. The zero-order valence-corrected chi connectivity index (χ0v) is 10.6. The molecule has 1 aromatic carbocycles. The molecule has 82 valence electrons. The zero-order valence-electron chi connectivity index (χ0n) is 10.6. The van der Waals surface area contributed by atoms with Crippen LogP contribution in [0.2, 0.25) is 0 Å². The molecule has 0 N–H and O–H groups in total. The number of rotatable bonds is 2. The van der Waals surface area contributed by atoms with Crippen molar-refractivity contribution in [3.63, 3.8) is 0 Å². The van der Waals surface area contributed by atoms with Crippen molar-refractivity contribution in [2.75, 3.05) is 7.11 Å². The molecule has 0 saturated carbocycles. The van der Waals surface area contributed by atoms with Gasteiger partial charge in [-0.15, -0.1) is 0 Å². The minimum absolute atomic E-state index is 1.01. The number of allylic oxidation sites excluding steroid dienone is 1. The lowest BCUT2D eigenvalue weighted by Gasteiger charge is -2.17. The average molecular weight is 204 g/mol. The lowest BCUT2D eigenvalue weighted by Crippen LogP contribution is -2.00. The number of ether oxygens (including phenoxy) is 1. The molecule has 0 radical (unpaired) electrons. The van der Waals surface area contributed by atoms with Gasteiger partial charge in [0.15, 0.2) is 0 Å². The highest BCUT2D eigenvalue weighted by Crippen LogP contribution is 2.33. The minimum Gasteiger partial charge on any atom is -0.496 e. The minimum atomic E-state index is 1.01. The fourth-order valence-electron chi connectivity index (χ4n) is 1.94. The predicted molar refractivity (Wildman–Crippen MR) is 66.7 cm³/mol. The van der Waals surface area contributed by atoms with Crippen LogP contribution >= 0.6 is 0 Å². The first-order valence-electron chi connectivity index (χ1n) is 5.31. The van der Waals surface area contributed by atoms with Gasteiger partial charge >= 0.3 is 0 Å². The lowest BCUT2D eigenvalue weighted by atomic mass is 9.93. The third-order valence-corrected chi connectivity index (χ3v) is 3.21. The molecule has 15 heavy (non-hydrogen) atoms. The Morgan fingerprint density at radius 3 is 1.87 bits per heavy atom.